The fourth-order valence-electron chi connectivity index (χ4n) is 2.24. The summed E-state index contributed by atoms with van der Waals surface area (Å²) in [4.78, 5) is 16.5. The third-order valence-corrected chi connectivity index (χ3v) is 4.28. The first-order valence-electron chi connectivity index (χ1n) is 7.36. The second-order valence-corrected chi connectivity index (χ2v) is 5.85. The lowest BCUT2D eigenvalue weighted by Gasteiger charge is -2.21. The Morgan fingerprint density at radius 2 is 2.00 bits per heavy atom. The molecule has 0 spiro atoms. The lowest BCUT2D eigenvalue weighted by Crippen LogP contribution is -2.40. The van der Waals surface area contributed by atoms with Gasteiger partial charge in [0.15, 0.2) is 0 Å². The van der Waals surface area contributed by atoms with Gasteiger partial charge in [0, 0.05) is 18.2 Å². The van der Waals surface area contributed by atoms with Gasteiger partial charge in [0.2, 0.25) is 0 Å². The smallest absolute Gasteiger partial charge is 0.315 e. The van der Waals surface area contributed by atoms with Gasteiger partial charge in [-0.25, -0.2) is 9.78 Å². The van der Waals surface area contributed by atoms with E-state index in [9.17, 15) is 9.90 Å². The van der Waals surface area contributed by atoms with Gasteiger partial charge in [0.1, 0.15) is 5.01 Å². The van der Waals surface area contributed by atoms with Crippen LogP contribution in [-0.2, 0) is 0 Å². The minimum Gasteiger partial charge on any atom is -0.396 e. The van der Waals surface area contributed by atoms with E-state index in [4.69, 9.17) is 0 Å². The van der Waals surface area contributed by atoms with Crippen molar-refractivity contribution in [1.82, 2.24) is 15.6 Å². The van der Waals surface area contributed by atoms with Crippen molar-refractivity contribution >= 4 is 17.4 Å². The fourth-order valence-corrected chi connectivity index (χ4v) is 3.01. The lowest BCUT2D eigenvalue weighted by atomic mass is 10.0. The number of thiazole rings is 1. The molecule has 5 nitrogen and oxygen atoms in total. The third-order valence-electron chi connectivity index (χ3n) is 3.39. The van der Waals surface area contributed by atoms with Crippen LogP contribution in [0, 0.1) is 0 Å². The van der Waals surface area contributed by atoms with Crippen LogP contribution in [-0.4, -0.2) is 22.7 Å². The van der Waals surface area contributed by atoms with Gasteiger partial charge in [-0.2, -0.15) is 0 Å². The Labute approximate surface area is 134 Å². The fraction of sp³-hybridized carbons (Fsp3) is 0.375. The molecule has 22 heavy (non-hydrogen) atoms. The normalized spacial score (nSPS) is 13.4. The van der Waals surface area contributed by atoms with Gasteiger partial charge >= 0.3 is 6.03 Å². The highest BCUT2D eigenvalue weighted by Gasteiger charge is 2.18. The molecule has 2 aromatic rings. The number of carbonyl (C=O) groups is 1. The molecule has 118 valence electrons. The summed E-state index contributed by atoms with van der Waals surface area (Å²) in [6, 6.07) is 9.11. The van der Waals surface area contributed by atoms with Crippen molar-refractivity contribution < 1.29 is 9.90 Å². The summed E-state index contributed by atoms with van der Waals surface area (Å²) in [6.07, 6.45) is 2.99. The van der Waals surface area contributed by atoms with Crippen molar-refractivity contribution in [3.8, 4) is 0 Å². The Hall–Kier alpha value is -1.92. The van der Waals surface area contributed by atoms with Crippen LogP contribution in [0.2, 0.25) is 0 Å². The number of urea groups is 1. The van der Waals surface area contributed by atoms with Crippen LogP contribution in [0.3, 0.4) is 0 Å². The molecule has 1 aromatic carbocycles. The minimum absolute atomic E-state index is 0.0174. The van der Waals surface area contributed by atoms with E-state index in [1.54, 1.807) is 6.20 Å². The van der Waals surface area contributed by atoms with Gasteiger partial charge in [0.05, 0.1) is 12.1 Å². The van der Waals surface area contributed by atoms with Gasteiger partial charge in [-0.05, 0) is 18.4 Å². The van der Waals surface area contributed by atoms with E-state index in [1.807, 2.05) is 42.6 Å². The monoisotopic (exact) mass is 319 g/mol. The number of rotatable bonds is 7. The maximum atomic E-state index is 12.2. The quantitative estimate of drug-likeness (QED) is 0.734. The molecule has 0 fully saturated rings. The van der Waals surface area contributed by atoms with Crippen LogP contribution in [0.5, 0.6) is 0 Å². The molecule has 6 heteroatoms. The lowest BCUT2D eigenvalue weighted by molar-refractivity contribution is 0.225. The van der Waals surface area contributed by atoms with E-state index >= 15 is 0 Å². The van der Waals surface area contributed by atoms with Crippen molar-refractivity contribution in [2.75, 3.05) is 6.61 Å². The molecular weight excluding hydrogens is 298 g/mol. The summed E-state index contributed by atoms with van der Waals surface area (Å²) in [6.45, 7) is 2.03. The van der Waals surface area contributed by atoms with Crippen LogP contribution in [0.25, 0.3) is 0 Å². The Kier molecular flexibility index (Phi) is 6.36. The molecule has 1 heterocycles. The van der Waals surface area contributed by atoms with Gasteiger partial charge in [-0.3, -0.25) is 0 Å². The Morgan fingerprint density at radius 1 is 1.27 bits per heavy atom. The topological polar surface area (TPSA) is 74.2 Å². The maximum Gasteiger partial charge on any atom is 0.315 e. The highest BCUT2D eigenvalue weighted by atomic mass is 32.1. The van der Waals surface area contributed by atoms with Crippen molar-refractivity contribution in [2.24, 2.45) is 0 Å². The largest absolute Gasteiger partial charge is 0.396 e. The van der Waals surface area contributed by atoms with E-state index in [-0.39, 0.29) is 24.7 Å². The molecule has 0 aliphatic heterocycles. The number of aliphatic hydroxyl groups is 1. The first kappa shape index (κ1) is 16.5. The standard InChI is InChI=1S/C16H21N3O2S/c1-2-13(15-17-9-11-22-15)18-16(21)19-14(8-10-20)12-6-4-3-5-7-12/h3-7,9,11,13-14,20H,2,8,10H2,1H3,(H2,18,19,21)/t13?,14-/m1/s1. The Bertz CT molecular complexity index is 560. The predicted molar refractivity (Wildman–Crippen MR) is 87.7 cm³/mol. The molecule has 0 bridgehead atoms. The van der Waals surface area contributed by atoms with Gasteiger partial charge in [-0.15, -0.1) is 11.3 Å². The van der Waals surface area contributed by atoms with E-state index in [0.717, 1.165) is 17.0 Å². The van der Waals surface area contributed by atoms with Crippen LogP contribution in [0.4, 0.5) is 4.79 Å². The van der Waals surface area contributed by atoms with Gasteiger partial charge in [0.25, 0.3) is 0 Å². The van der Waals surface area contributed by atoms with Crippen LogP contribution in [0.15, 0.2) is 41.9 Å². The molecule has 2 atom stereocenters. The number of hydrogen-bond acceptors (Lipinski definition) is 4. The number of nitrogens with one attached hydrogen (secondary N) is 2. The van der Waals surface area contributed by atoms with Crippen molar-refractivity contribution in [1.29, 1.82) is 0 Å². The second kappa shape index (κ2) is 8.51. The first-order valence-corrected chi connectivity index (χ1v) is 8.24. The molecule has 0 saturated carbocycles. The minimum atomic E-state index is -0.246. The summed E-state index contributed by atoms with van der Waals surface area (Å²) < 4.78 is 0. The first-order chi connectivity index (χ1) is 10.7. The molecule has 0 radical (unpaired) electrons. The Morgan fingerprint density at radius 3 is 2.59 bits per heavy atom. The summed E-state index contributed by atoms with van der Waals surface area (Å²) in [5.74, 6) is 0. The average molecular weight is 319 g/mol. The number of aromatic nitrogens is 1. The zero-order valence-corrected chi connectivity index (χ0v) is 13.3. The number of carbonyl (C=O) groups excluding carboxylic acids is 1. The number of nitrogens with zero attached hydrogens (tertiary/aromatic N) is 1. The van der Waals surface area contributed by atoms with Crippen molar-refractivity contribution in [2.45, 2.75) is 31.8 Å². The zero-order chi connectivity index (χ0) is 15.8. The molecule has 0 aliphatic rings. The van der Waals surface area contributed by atoms with Crippen LogP contribution in [0.1, 0.15) is 42.4 Å². The van der Waals surface area contributed by atoms with Crippen molar-refractivity contribution in [3.63, 3.8) is 0 Å². The SMILES string of the molecule is CCC(NC(=O)N[C@H](CCO)c1ccccc1)c1nccs1. The average Bonchev–Trinajstić information content (AvgIpc) is 3.07. The number of aliphatic hydroxyl groups excluding tert-OH is 1. The van der Waals surface area contributed by atoms with Gasteiger partial charge in [-0.1, -0.05) is 37.3 Å². The number of amides is 2. The molecule has 3 N–H and O–H groups in total. The van der Waals surface area contributed by atoms with Gasteiger partial charge < -0.3 is 15.7 Å². The van der Waals surface area contributed by atoms with E-state index < -0.39 is 0 Å². The highest BCUT2D eigenvalue weighted by Crippen LogP contribution is 2.20. The van der Waals surface area contributed by atoms with E-state index in [2.05, 4.69) is 15.6 Å². The van der Waals surface area contributed by atoms with E-state index in [1.165, 1.54) is 11.3 Å². The highest BCUT2D eigenvalue weighted by molar-refractivity contribution is 7.09. The predicted octanol–water partition coefficient (Wildman–Crippen LogP) is 3.02. The molecule has 0 saturated heterocycles. The summed E-state index contributed by atoms with van der Waals surface area (Å²) >= 11 is 1.53. The molecule has 2 amide bonds. The van der Waals surface area contributed by atoms with Crippen LogP contribution < -0.4 is 10.6 Å². The second-order valence-electron chi connectivity index (χ2n) is 4.92. The zero-order valence-electron chi connectivity index (χ0n) is 12.5. The molecule has 1 aromatic heterocycles. The molecule has 1 unspecified atom stereocenters. The van der Waals surface area contributed by atoms with Crippen molar-refractivity contribution in [3.05, 3.63) is 52.5 Å². The number of hydrogen-bond donors (Lipinski definition) is 3. The number of benzene rings is 1. The van der Waals surface area contributed by atoms with E-state index in [0.29, 0.717) is 6.42 Å². The Balaban J connectivity index is 1.99. The summed E-state index contributed by atoms with van der Waals surface area (Å²) in [7, 11) is 0. The maximum absolute atomic E-state index is 12.2. The molecule has 2 rings (SSSR count). The summed E-state index contributed by atoms with van der Waals surface area (Å²) in [5, 5.41) is 17.9. The van der Waals surface area contributed by atoms with Crippen LogP contribution >= 0.6 is 11.3 Å². The summed E-state index contributed by atoms with van der Waals surface area (Å²) in [5.41, 5.74) is 0.981. The third kappa shape index (κ3) is 4.54. The molecular formula is C16H21N3O2S. The molecule has 0 aliphatic carbocycles.